The molecular weight excluding hydrogens is 387 g/mol. The molecule has 0 amide bonds. The highest BCUT2D eigenvalue weighted by Gasteiger charge is 2.66. The third kappa shape index (κ3) is 3.87. The van der Waals surface area contributed by atoms with E-state index in [-0.39, 0.29) is 5.56 Å². The number of esters is 1. The van der Waals surface area contributed by atoms with Crippen molar-refractivity contribution in [2.45, 2.75) is 70.6 Å². The minimum atomic E-state index is -4.83. The maximum absolute atomic E-state index is 14.2. The van der Waals surface area contributed by atoms with Crippen molar-refractivity contribution < 1.29 is 41.3 Å². The van der Waals surface area contributed by atoms with E-state index in [1.54, 1.807) is 0 Å². The Kier molecular flexibility index (Phi) is 5.84. The van der Waals surface area contributed by atoms with Crippen molar-refractivity contribution in [2.24, 2.45) is 5.92 Å². The predicted octanol–water partition coefficient (Wildman–Crippen LogP) is 4.24. The van der Waals surface area contributed by atoms with Crippen LogP contribution in [0.15, 0.2) is 12.1 Å². The van der Waals surface area contributed by atoms with Crippen LogP contribution in [-0.4, -0.2) is 34.6 Å². The number of hydrogen-bond donors (Lipinski definition) is 1. The first-order chi connectivity index (χ1) is 12.6. The van der Waals surface area contributed by atoms with Gasteiger partial charge in [0.15, 0.2) is 23.3 Å². The molecule has 28 heavy (non-hydrogen) atoms. The Hall–Kier alpha value is -1.74. The number of carbonyl (C=O) groups excluding carboxylic acids is 1. The molecule has 0 spiro atoms. The van der Waals surface area contributed by atoms with Crippen LogP contribution in [0.3, 0.4) is 0 Å². The molecule has 1 heterocycles. The van der Waals surface area contributed by atoms with Crippen molar-refractivity contribution >= 4 is 5.97 Å². The molecule has 1 N–H and O–H groups in total. The molecule has 1 aromatic rings. The van der Waals surface area contributed by atoms with Gasteiger partial charge in [-0.2, -0.15) is 13.2 Å². The Bertz CT molecular complexity index is 756. The van der Waals surface area contributed by atoms with Crippen LogP contribution in [0, 0.1) is 17.6 Å². The number of benzene rings is 1. The molecule has 0 aromatic heterocycles. The number of rotatable bonds is 3. The van der Waals surface area contributed by atoms with Crippen molar-refractivity contribution in [1.82, 2.24) is 0 Å². The molecule has 0 bridgehead atoms. The summed E-state index contributed by atoms with van der Waals surface area (Å²) < 4.78 is 79.3. The Morgan fingerprint density at radius 2 is 1.82 bits per heavy atom. The highest BCUT2D eigenvalue weighted by atomic mass is 19.4. The van der Waals surface area contributed by atoms with Gasteiger partial charge in [0.1, 0.15) is 5.60 Å². The first-order valence-corrected chi connectivity index (χ1v) is 8.69. The van der Waals surface area contributed by atoms with Gasteiger partial charge in [0, 0.05) is 17.4 Å². The highest BCUT2D eigenvalue weighted by molar-refractivity contribution is 5.77. The zero-order chi connectivity index (χ0) is 21.7. The van der Waals surface area contributed by atoms with E-state index in [0.717, 1.165) is 19.1 Å². The zero-order valence-corrected chi connectivity index (χ0v) is 16.2. The Labute approximate surface area is 159 Å². The molecule has 0 aliphatic carbocycles. The number of aliphatic hydroxyl groups is 1. The van der Waals surface area contributed by atoms with E-state index in [2.05, 4.69) is 0 Å². The maximum Gasteiger partial charge on any atom is 0.417 e. The average Bonchev–Trinajstić information content (AvgIpc) is 2.81. The summed E-state index contributed by atoms with van der Waals surface area (Å²) >= 11 is 0. The largest absolute Gasteiger partial charge is 0.458 e. The lowest BCUT2D eigenvalue weighted by atomic mass is 9.76. The van der Waals surface area contributed by atoms with E-state index in [0.29, 0.717) is 0 Å². The van der Waals surface area contributed by atoms with Crippen LogP contribution in [-0.2, 0) is 20.9 Å². The topological polar surface area (TPSA) is 55.8 Å². The van der Waals surface area contributed by atoms with Gasteiger partial charge in [-0.05, 0) is 39.3 Å². The molecule has 1 aliphatic rings. The maximum atomic E-state index is 14.2. The van der Waals surface area contributed by atoms with Gasteiger partial charge < -0.3 is 14.6 Å². The molecule has 158 valence electrons. The quantitative estimate of drug-likeness (QED) is 0.598. The third-order valence-electron chi connectivity index (χ3n) is 5.06. The summed E-state index contributed by atoms with van der Waals surface area (Å²) in [6, 6.07) is 1.81. The summed E-state index contributed by atoms with van der Waals surface area (Å²) in [6.45, 7) is 5.68. The van der Waals surface area contributed by atoms with E-state index in [1.165, 1.54) is 27.7 Å². The molecule has 0 radical (unpaired) electrons. The SMILES string of the molecule is C[C@H]1[C@@H](c2ccc(F)c(F)c2CO)[C@H](C(=O)OC(C)(C)C)O[C@@]1(C)C(F)(F)F. The van der Waals surface area contributed by atoms with Gasteiger partial charge in [0.25, 0.3) is 0 Å². The summed E-state index contributed by atoms with van der Waals surface area (Å²) in [7, 11) is 0. The van der Waals surface area contributed by atoms with Crippen molar-refractivity contribution in [3.63, 3.8) is 0 Å². The molecule has 9 heteroatoms. The number of hydrogen-bond acceptors (Lipinski definition) is 4. The Morgan fingerprint density at radius 1 is 1.25 bits per heavy atom. The van der Waals surface area contributed by atoms with E-state index >= 15 is 0 Å². The number of aliphatic hydroxyl groups excluding tert-OH is 1. The number of alkyl halides is 3. The molecule has 2 rings (SSSR count). The second kappa shape index (κ2) is 7.26. The number of carbonyl (C=O) groups is 1. The van der Waals surface area contributed by atoms with Crippen molar-refractivity contribution in [2.75, 3.05) is 0 Å². The normalized spacial score (nSPS) is 28.5. The summed E-state index contributed by atoms with van der Waals surface area (Å²) in [6.07, 6.45) is -6.55. The molecule has 1 aromatic carbocycles. The third-order valence-corrected chi connectivity index (χ3v) is 5.06. The minimum Gasteiger partial charge on any atom is -0.458 e. The van der Waals surface area contributed by atoms with Crippen LogP contribution < -0.4 is 0 Å². The average molecular weight is 410 g/mol. The summed E-state index contributed by atoms with van der Waals surface area (Å²) in [5, 5.41) is 9.49. The lowest BCUT2D eigenvalue weighted by Crippen LogP contribution is -2.47. The summed E-state index contributed by atoms with van der Waals surface area (Å²) in [5.74, 6) is -6.34. The van der Waals surface area contributed by atoms with Gasteiger partial charge in [-0.3, -0.25) is 0 Å². The van der Waals surface area contributed by atoms with Gasteiger partial charge >= 0.3 is 12.1 Å². The van der Waals surface area contributed by atoms with Crippen LogP contribution in [0.25, 0.3) is 0 Å². The van der Waals surface area contributed by atoms with E-state index in [9.17, 15) is 31.9 Å². The van der Waals surface area contributed by atoms with Gasteiger partial charge in [-0.15, -0.1) is 0 Å². The van der Waals surface area contributed by atoms with Crippen LogP contribution in [0.1, 0.15) is 51.7 Å². The minimum absolute atomic E-state index is 0.127. The molecule has 1 fully saturated rings. The van der Waals surface area contributed by atoms with Gasteiger partial charge in [-0.25, -0.2) is 13.6 Å². The number of ether oxygens (including phenoxy) is 2. The number of halogens is 5. The molecule has 0 saturated carbocycles. The molecule has 0 unspecified atom stereocenters. The van der Waals surface area contributed by atoms with Crippen LogP contribution in [0.4, 0.5) is 22.0 Å². The highest BCUT2D eigenvalue weighted by Crippen LogP contribution is 2.54. The smallest absolute Gasteiger partial charge is 0.417 e. The predicted molar refractivity (Wildman–Crippen MR) is 89.4 cm³/mol. The lowest BCUT2D eigenvalue weighted by molar-refractivity contribution is -0.274. The molecule has 4 atom stereocenters. The van der Waals surface area contributed by atoms with Gasteiger partial charge in [0.05, 0.1) is 6.61 Å². The summed E-state index contributed by atoms with van der Waals surface area (Å²) in [4.78, 5) is 12.6. The van der Waals surface area contributed by atoms with Crippen LogP contribution >= 0.6 is 0 Å². The van der Waals surface area contributed by atoms with E-state index in [4.69, 9.17) is 9.47 Å². The lowest BCUT2D eigenvalue weighted by Gasteiger charge is -2.32. The fraction of sp³-hybridized carbons (Fsp3) is 0.632. The first-order valence-electron chi connectivity index (χ1n) is 8.69. The van der Waals surface area contributed by atoms with Crippen molar-refractivity contribution in [1.29, 1.82) is 0 Å². The standard InChI is InChI=1S/C19H23F5O4/c1-9-13(10-6-7-12(20)14(21)11(10)8-25)15(16(26)28-17(2,3)4)27-18(9,5)19(22,23)24/h6-7,9,13,15,25H,8H2,1-5H3/t9-,13-,15+,18+/m0/s1. The van der Waals surface area contributed by atoms with Crippen LogP contribution in [0.5, 0.6) is 0 Å². The summed E-state index contributed by atoms with van der Waals surface area (Å²) in [5.41, 5.74) is -4.37. The monoisotopic (exact) mass is 410 g/mol. The zero-order valence-electron chi connectivity index (χ0n) is 16.2. The van der Waals surface area contributed by atoms with Gasteiger partial charge in [-0.1, -0.05) is 13.0 Å². The Morgan fingerprint density at radius 3 is 2.29 bits per heavy atom. The van der Waals surface area contributed by atoms with E-state index < -0.39 is 65.1 Å². The van der Waals surface area contributed by atoms with E-state index in [1.807, 2.05) is 0 Å². The van der Waals surface area contributed by atoms with Crippen molar-refractivity contribution in [3.8, 4) is 0 Å². The van der Waals surface area contributed by atoms with Gasteiger partial charge in [0.2, 0.25) is 0 Å². The fourth-order valence-corrected chi connectivity index (χ4v) is 3.44. The fourth-order valence-electron chi connectivity index (χ4n) is 3.44. The van der Waals surface area contributed by atoms with Crippen molar-refractivity contribution in [3.05, 3.63) is 34.9 Å². The second-order valence-corrected chi connectivity index (χ2v) is 8.08. The molecular formula is C19H23F5O4. The first kappa shape index (κ1) is 22.5. The Balaban J connectivity index is 2.63. The molecule has 4 nitrogen and oxygen atoms in total. The second-order valence-electron chi connectivity index (χ2n) is 8.08. The molecule has 1 aliphatic heterocycles. The molecule has 1 saturated heterocycles. The van der Waals surface area contributed by atoms with Crippen LogP contribution in [0.2, 0.25) is 0 Å².